The van der Waals surface area contributed by atoms with Crippen molar-refractivity contribution in [2.24, 2.45) is 0 Å². The molecule has 1 heterocycles. The standard InChI is InChI=1S/C21H22N2O4/c1-15(22-20(25)17-9-3-2-4-10-17)21(26)27-14-19(24)23-13-7-11-16-8-5-6-12-18(16)23/h2-6,8-10,12,15H,7,11,13-14H2,1H3,(H,22,25)/t15-/m0/s1. The van der Waals surface area contributed by atoms with E-state index in [1.165, 1.54) is 6.92 Å². The van der Waals surface area contributed by atoms with E-state index < -0.39 is 12.0 Å². The maximum atomic E-state index is 12.5. The molecule has 0 aliphatic carbocycles. The van der Waals surface area contributed by atoms with E-state index in [-0.39, 0.29) is 18.4 Å². The Balaban J connectivity index is 1.53. The number of nitrogens with zero attached hydrogens (tertiary/aromatic N) is 1. The van der Waals surface area contributed by atoms with Crippen LogP contribution in [0, 0.1) is 0 Å². The first-order valence-corrected chi connectivity index (χ1v) is 8.97. The normalized spacial score (nSPS) is 14.0. The smallest absolute Gasteiger partial charge is 0.328 e. The van der Waals surface area contributed by atoms with Gasteiger partial charge in [-0.25, -0.2) is 4.79 Å². The molecule has 1 aliphatic heterocycles. The molecule has 0 aromatic heterocycles. The zero-order chi connectivity index (χ0) is 19.2. The molecule has 3 rings (SSSR count). The molecule has 1 aliphatic rings. The maximum Gasteiger partial charge on any atom is 0.328 e. The third kappa shape index (κ3) is 4.53. The topological polar surface area (TPSA) is 75.7 Å². The Morgan fingerprint density at radius 1 is 1.07 bits per heavy atom. The molecule has 0 fully saturated rings. The van der Waals surface area contributed by atoms with Crippen LogP contribution in [0.2, 0.25) is 0 Å². The number of aryl methyl sites for hydroxylation is 1. The number of hydrogen-bond donors (Lipinski definition) is 1. The average molecular weight is 366 g/mol. The summed E-state index contributed by atoms with van der Waals surface area (Å²) in [5.74, 6) is -1.27. The van der Waals surface area contributed by atoms with E-state index in [4.69, 9.17) is 4.74 Å². The van der Waals surface area contributed by atoms with E-state index in [2.05, 4.69) is 5.32 Å². The number of nitrogens with one attached hydrogen (secondary N) is 1. The molecule has 2 aromatic rings. The van der Waals surface area contributed by atoms with Crippen LogP contribution in [0.5, 0.6) is 0 Å². The number of para-hydroxylation sites is 1. The predicted molar refractivity (Wildman–Crippen MR) is 101 cm³/mol. The number of benzene rings is 2. The van der Waals surface area contributed by atoms with Crippen molar-refractivity contribution in [3.8, 4) is 0 Å². The van der Waals surface area contributed by atoms with Crippen molar-refractivity contribution < 1.29 is 19.1 Å². The molecule has 1 N–H and O–H groups in total. The van der Waals surface area contributed by atoms with E-state index in [0.717, 1.165) is 24.1 Å². The quantitative estimate of drug-likeness (QED) is 0.824. The number of ether oxygens (including phenoxy) is 1. The number of rotatable bonds is 5. The third-order valence-electron chi connectivity index (χ3n) is 4.49. The highest BCUT2D eigenvalue weighted by atomic mass is 16.5. The lowest BCUT2D eigenvalue weighted by molar-refractivity contribution is -0.149. The molecule has 0 radical (unpaired) electrons. The molecule has 6 nitrogen and oxygen atoms in total. The fraction of sp³-hybridized carbons (Fsp3) is 0.286. The number of hydrogen-bond acceptors (Lipinski definition) is 4. The lowest BCUT2D eigenvalue weighted by atomic mass is 10.0. The Labute approximate surface area is 158 Å². The molecule has 140 valence electrons. The fourth-order valence-electron chi connectivity index (χ4n) is 3.06. The summed E-state index contributed by atoms with van der Waals surface area (Å²) < 4.78 is 5.13. The lowest BCUT2D eigenvalue weighted by Crippen LogP contribution is -2.42. The molecule has 0 saturated carbocycles. The van der Waals surface area contributed by atoms with Gasteiger partial charge in [-0.1, -0.05) is 36.4 Å². The Hall–Kier alpha value is -3.15. The van der Waals surface area contributed by atoms with Gasteiger partial charge in [0.1, 0.15) is 6.04 Å². The summed E-state index contributed by atoms with van der Waals surface area (Å²) >= 11 is 0. The van der Waals surface area contributed by atoms with Crippen molar-refractivity contribution >= 4 is 23.5 Å². The second kappa shape index (κ2) is 8.49. The van der Waals surface area contributed by atoms with Gasteiger partial charge in [0.25, 0.3) is 11.8 Å². The summed E-state index contributed by atoms with van der Waals surface area (Å²) in [6.07, 6.45) is 1.81. The Kier molecular flexibility index (Phi) is 5.86. The van der Waals surface area contributed by atoms with Crippen molar-refractivity contribution in [3.63, 3.8) is 0 Å². The third-order valence-corrected chi connectivity index (χ3v) is 4.49. The second-order valence-electron chi connectivity index (χ2n) is 6.45. The Morgan fingerprint density at radius 3 is 2.56 bits per heavy atom. The first-order valence-electron chi connectivity index (χ1n) is 8.97. The van der Waals surface area contributed by atoms with Gasteiger partial charge in [0.2, 0.25) is 0 Å². The molecule has 6 heteroatoms. The Morgan fingerprint density at radius 2 is 1.78 bits per heavy atom. The SMILES string of the molecule is C[C@H](NC(=O)c1ccccc1)C(=O)OCC(=O)N1CCCc2ccccc21. The van der Waals surface area contributed by atoms with Gasteiger partial charge in [-0.2, -0.15) is 0 Å². The van der Waals surface area contributed by atoms with E-state index in [1.54, 1.807) is 35.2 Å². The summed E-state index contributed by atoms with van der Waals surface area (Å²) in [6, 6.07) is 15.5. The predicted octanol–water partition coefficient (Wildman–Crippen LogP) is 2.33. The van der Waals surface area contributed by atoms with Gasteiger partial charge in [0.15, 0.2) is 6.61 Å². The molecule has 1 atom stereocenters. The summed E-state index contributed by atoms with van der Waals surface area (Å²) in [6.45, 7) is 1.79. The molecule has 0 saturated heterocycles. The zero-order valence-corrected chi connectivity index (χ0v) is 15.2. The monoisotopic (exact) mass is 366 g/mol. The van der Waals surface area contributed by atoms with Crippen molar-refractivity contribution in [2.45, 2.75) is 25.8 Å². The summed E-state index contributed by atoms with van der Waals surface area (Å²) in [7, 11) is 0. The lowest BCUT2D eigenvalue weighted by Gasteiger charge is -2.29. The molecular weight excluding hydrogens is 344 g/mol. The summed E-state index contributed by atoms with van der Waals surface area (Å²) in [5, 5.41) is 2.58. The maximum absolute atomic E-state index is 12.5. The van der Waals surface area contributed by atoms with Gasteiger partial charge in [0, 0.05) is 17.8 Å². The minimum Gasteiger partial charge on any atom is -0.454 e. The molecule has 0 spiro atoms. The summed E-state index contributed by atoms with van der Waals surface area (Å²) in [4.78, 5) is 38.4. The van der Waals surface area contributed by atoms with Crippen molar-refractivity contribution in [1.82, 2.24) is 5.32 Å². The van der Waals surface area contributed by atoms with E-state index >= 15 is 0 Å². The van der Waals surface area contributed by atoms with Gasteiger partial charge in [-0.15, -0.1) is 0 Å². The number of carbonyl (C=O) groups is 3. The molecular formula is C21H22N2O4. The van der Waals surface area contributed by atoms with Crippen molar-refractivity contribution in [2.75, 3.05) is 18.1 Å². The summed E-state index contributed by atoms with van der Waals surface area (Å²) in [5.41, 5.74) is 2.44. The van der Waals surface area contributed by atoms with Crippen molar-refractivity contribution in [3.05, 3.63) is 65.7 Å². The van der Waals surface area contributed by atoms with Gasteiger partial charge in [-0.05, 0) is 43.5 Å². The minimum atomic E-state index is -0.848. The van der Waals surface area contributed by atoms with Crippen molar-refractivity contribution in [1.29, 1.82) is 0 Å². The van der Waals surface area contributed by atoms with Crippen LogP contribution < -0.4 is 10.2 Å². The number of fused-ring (bicyclic) bond motifs is 1. The van der Waals surface area contributed by atoms with E-state index in [0.29, 0.717) is 12.1 Å². The average Bonchev–Trinajstić information content (AvgIpc) is 2.71. The first kappa shape index (κ1) is 18.6. The van der Waals surface area contributed by atoms with Crippen LogP contribution in [0.25, 0.3) is 0 Å². The number of amides is 2. The minimum absolute atomic E-state index is 0.267. The molecule has 2 amide bonds. The highest BCUT2D eigenvalue weighted by molar-refractivity contribution is 5.98. The van der Waals surface area contributed by atoms with Crippen LogP contribution in [0.4, 0.5) is 5.69 Å². The van der Waals surface area contributed by atoms with Crippen LogP contribution >= 0.6 is 0 Å². The van der Waals surface area contributed by atoms with Gasteiger partial charge in [0.05, 0.1) is 0 Å². The van der Waals surface area contributed by atoms with E-state index in [9.17, 15) is 14.4 Å². The van der Waals surface area contributed by atoms with Crippen LogP contribution in [0.3, 0.4) is 0 Å². The highest BCUT2D eigenvalue weighted by Gasteiger charge is 2.24. The van der Waals surface area contributed by atoms with E-state index in [1.807, 2.05) is 24.3 Å². The highest BCUT2D eigenvalue weighted by Crippen LogP contribution is 2.26. The number of esters is 1. The largest absolute Gasteiger partial charge is 0.454 e. The van der Waals surface area contributed by atoms with Gasteiger partial charge < -0.3 is 15.0 Å². The Bertz CT molecular complexity index is 835. The van der Waals surface area contributed by atoms with Gasteiger partial charge in [-0.3, -0.25) is 9.59 Å². The number of carbonyl (C=O) groups excluding carboxylic acids is 3. The molecule has 0 unspecified atom stereocenters. The van der Waals surface area contributed by atoms with Crippen LogP contribution in [0.15, 0.2) is 54.6 Å². The molecule has 0 bridgehead atoms. The molecule has 2 aromatic carbocycles. The fourth-order valence-corrected chi connectivity index (χ4v) is 3.06. The first-order chi connectivity index (χ1) is 13.1. The van der Waals surface area contributed by atoms with Gasteiger partial charge >= 0.3 is 5.97 Å². The van der Waals surface area contributed by atoms with Crippen LogP contribution in [-0.4, -0.2) is 37.0 Å². The number of anilines is 1. The van der Waals surface area contributed by atoms with Crippen LogP contribution in [0.1, 0.15) is 29.3 Å². The second-order valence-corrected chi connectivity index (χ2v) is 6.45. The zero-order valence-electron chi connectivity index (χ0n) is 15.2. The molecule has 27 heavy (non-hydrogen) atoms. The van der Waals surface area contributed by atoms with Crippen LogP contribution in [-0.2, 0) is 20.7 Å².